The number of hydrogen-bond acceptors (Lipinski definition) is 5. The molecule has 0 fully saturated rings. The molecule has 21 heavy (non-hydrogen) atoms. The zero-order valence-electron chi connectivity index (χ0n) is 11.1. The van der Waals surface area contributed by atoms with Crippen LogP contribution in [0.2, 0.25) is 0 Å². The van der Waals surface area contributed by atoms with Gasteiger partial charge in [-0.25, -0.2) is 8.42 Å². The van der Waals surface area contributed by atoms with Crippen molar-refractivity contribution in [2.75, 3.05) is 10.5 Å². The third kappa shape index (κ3) is 3.29. The maximum atomic E-state index is 12.2. The van der Waals surface area contributed by atoms with Crippen molar-refractivity contribution in [1.82, 2.24) is 0 Å². The Balaban J connectivity index is 2.32. The number of nitrogens with one attached hydrogen (secondary N) is 1. The summed E-state index contributed by atoms with van der Waals surface area (Å²) in [6, 6.07) is 9.84. The Labute approximate surface area is 121 Å². The lowest BCUT2D eigenvalue weighted by Crippen LogP contribution is -2.14. The van der Waals surface area contributed by atoms with Crippen molar-refractivity contribution < 1.29 is 13.3 Å². The highest BCUT2D eigenvalue weighted by atomic mass is 32.2. The fraction of sp³-hybridized carbons (Fsp3) is 0.0769. The van der Waals surface area contributed by atoms with Gasteiger partial charge in [0.1, 0.15) is 0 Å². The molecule has 8 heteroatoms. The molecule has 0 unspecified atom stereocenters. The SMILES string of the molecule is Cc1ccc(S(=O)(=O)Nc2ccc([N+](=O)[O-])cc2N)cc1. The van der Waals surface area contributed by atoms with E-state index in [0.29, 0.717) is 0 Å². The van der Waals surface area contributed by atoms with Crippen LogP contribution in [0.1, 0.15) is 5.56 Å². The number of benzene rings is 2. The lowest BCUT2D eigenvalue weighted by atomic mass is 10.2. The number of anilines is 2. The number of nitrogens with zero attached hydrogens (tertiary/aromatic N) is 1. The molecule has 0 aliphatic rings. The van der Waals surface area contributed by atoms with Crippen LogP contribution in [-0.4, -0.2) is 13.3 Å². The molecular formula is C13H13N3O4S. The molecule has 3 N–H and O–H groups in total. The van der Waals surface area contributed by atoms with Gasteiger partial charge in [-0.3, -0.25) is 14.8 Å². The molecule has 2 rings (SSSR count). The standard InChI is InChI=1S/C13H13N3O4S/c1-9-2-5-11(6-3-9)21(19,20)15-13-7-4-10(16(17)18)8-12(13)14/h2-8,15H,14H2,1H3. The highest BCUT2D eigenvalue weighted by Gasteiger charge is 2.16. The van der Waals surface area contributed by atoms with Crippen LogP contribution in [0.15, 0.2) is 47.4 Å². The van der Waals surface area contributed by atoms with Crippen molar-refractivity contribution in [3.05, 3.63) is 58.1 Å². The fourth-order valence-corrected chi connectivity index (χ4v) is 2.77. The van der Waals surface area contributed by atoms with Crippen LogP contribution in [0.3, 0.4) is 0 Å². The minimum atomic E-state index is -3.79. The summed E-state index contributed by atoms with van der Waals surface area (Å²) in [6.45, 7) is 1.85. The van der Waals surface area contributed by atoms with E-state index in [1.54, 1.807) is 12.1 Å². The van der Waals surface area contributed by atoms with Crippen LogP contribution in [-0.2, 0) is 10.0 Å². The lowest BCUT2D eigenvalue weighted by Gasteiger charge is -2.10. The highest BCUT2D eigenvalue weighted by Crippen LogP contribution is 2.26. The molecule has 0 atom stereocenters. The molecule has 2 aromatic rings. The highest BCUT2D eigenvalue weighted by molar-refractivity contribution is 7.92. The van der Waals surface area contributed by atoms with E-state index in [0.717, 1.165) is 11.6 Å². The maximum absolute atomic E-state index is 12.2. The number of aryl methyl sites for hydroxylation is 1. The molecule has 0 heterocycles. The van der Waals surface area contributed by atoms with Crippen LogP contribution in [0.25, 0.3) is 0 Å². The average Bonchev–Trinajstić information content (AvgIpc) is 2.41. The molecule has 110 valence electrons. The summed E-state index contributed by atoms with van der Waals surface area (Å²) in [5.41, 5.74) is 6.45. The van der Waals surface area contributed by atoms with Gasteiger partial charge in [0.2, 0.25) is 0 Å². The Morgan fingerprint density at radius 1 is 1.14 bits per heavy atom. The molecule has 0 saturated heterocycles. The van der Waals surface area contributed by atoms with Gasteiger partial charge < -0.3 is 5.73 Å². The van der Waals surface area contributed by atoms with Gasteiger partial charge >= 0.3 is 0 Å². The Morgan fingerprint density at radius 3 is 2.29 bits per heavy atom. The van der Waals surface area contributed by atoms with Gasteiger partial charge in [0, 0.05) is 12.1 Å². The topological polar surface area (TPSA) is 115 Å². The molecule has 2 aromatic carbocycles. The molecule has 7 nitrogen and oxygen atoms in total. The fourth-order valence-electron chi connectivity index (χ4n) is 1.68. The Bertz CT molecular complexity index is 786. The van der Waals surface area contributed by atoms with E-state index in [4.69, 9.17) is 5.73 Å². The number of nitrogen functional groups attached to an aromatic ring is 1. The third-order valence-corrected chi connectivity index (χ3v) is 4.20. The summed E-state index contributed by atoms with van der Waals surface area (Å²) in [4.78, 5) is 10.1. The molecular weight excluding hydrogens is 294 g/mol. The molecule has 0 amide bonds. The van der Waals surface area contributed by atoms with Crippen LogP contribution >= 0.6 is 0 Å². The summed E-state index contributed by atoms with van der Waals surface area (Å²) in [5.74, 6) is 0. The third-order valence-electron chi connectivity index (χ3n) is 2.82. The second-order valence-electron chi connectivity index (χ2n) is 4.45. The normalized spacial score (nSPS) is 11.1. The van der Waals surface area contributed by atoms with Gasteiger partial charge in [0.25, 0.3) is 15.7 Å². The van der Waals surface area contributed by atoms with E-state index in [2.05, 4.69) is 4.72 Å². The number of non-ortho nitro benzene ring substituents is 1. The van der Waals surface area contributed by atoms with Gasteiger partial charge in [-0.1, -0.05) is 17.7 Å². The Kier molecular flexibility index (Phi) is 3.81. The van der Waals surface area contributed by atoms with E-state index in [1.807, 2.05) is 6.92 Å². The second kappa shape index (κ2) is 5.41. The molecule has 0 aromatic heterocycles. The number of sulfonamides is 1. The first-order valence-corrected chi connectivity index (χ1v) is 7.41. The molecule has 0 bridgehead atoms. The zero-order valence-corrected chi connectivity index (χ0v) is 11.9. The first kappa shape index (κ1) is 14.8. The van der Waals surface area contributed by atoms with Gasteiger partial charge in [-0.05, 0) is 25.1 Å². The lowest BCUT2D eigenvalue weighted by molar-refractivity contribution is -0.384. The van der Waals surface area contributed by atoms with Gasteiger partial charge in [-0.2, -0.15) is 0 Å². The van der Waals surface area contributed by atoms with Crippen LogP contribution < -0.4 is 10.5 Å². The van der Waals surface area contributed by atoms with Gasteiger partial charge in [0.05, 0.1) is 21.2 Å². The zero-order chi connectivity index (χ0) is 15.6. The van der Waals surface area contributed by atoms with E-state index in [-0.39, 0.29) is 22.0 Å². The monoisotopic (exact) mass is 307 g/mol. The summed E-state index contributed by atoms with van der Waals surface area (Å²) >= 11 is 0. The number of nitro groups is 1. The van der Waals surface area contributed by atoms with Crippen molar-refractivity contribution >= 4 is 27.1 Å². The largest absolute Gasteiger partial charge is 0.397 e. The second-order valence-corrected chi connectivity index (χ2v) is 6.13. The first-order chi connectivity index (χ1) is 9.79. The van der Waals surface area contributed by atoms with E-state index in [1.165, 1.54) is 24.3 Å². The van der Waals surface area contributed by atoms with E-state index < -0.39 is 14.9 Å². The number of rotatable bonds is 4. The number of hydrogen-bond donors (Lipinski definition) is 2. The van der Waals surface area contributed by atoms with Gasteiger partial charge in [-0.15, -0.1) is 0 Å². The maximum Gasteiger partial charge on any atom is 0.271 e. The predicted octanol–water partition coefficient (Wildman–Crippen LogP) is 2.29. The minimum absolute atomic E-state index is 0.0140. The Hall–Kier alpha value is -2.61. The van der Waals surface area contributed by atoms with Crippen molar-refractivity contribution in [3.8, 4) is 0 Å². The van der Waals surface area contributed by atoms with Crippen molar-refractivity contribution in [3.63, 3.8) is 0 Å². The average molecular weight is 307 g/mol. The van der Waals surface area contributed by atoms with Crippen LogP contribution in [0.5, 0.6) is 0 Å². The molecule has 0 aliphatic carbocycles. The van der Waals surface area contributed by atoms with Crippen LogP contribution in [0.4, 0.5) is 17.1 Å². The van der Waals surface area contributed by atoms with Gasteiger partial charge in [0.15, 0.2) is 0 Å². The molecule has 0 spiro atoms. The summed E-state index contributed by atoms with van der Waals surface area (Å²) in [5, 5.41) is 10.6. The molecule has 0 aliphatic heterocycles. The number of nitrogens with two attached hydrogens (primary N) is 1. The molecule has 0 radical (unpaired) electrons. The quantitative estimate of drug-likeness (QED) is 0.511. The smallest absolute Gasteiger partial charge is 0.271 e. The number of nitro benzene ring substituents is 1. The summed E-state index contributed by atoms with van der Waals surface area (Å²) < 4.78 is 26.7. The Morgan fingerprint density at radius 2 is 1.76 bits per heavy atom. The minimum Gasteiger partial charge on any atom is -0.397 e. The van der Waals surface area contributed by atoms with E-state index >= 15 is 0 Å². The summed E-state index contributed by atoms with van der Waals surface area (Å²) in [6.07, 6.45) is 0. The van der Waals surface area contributed by atoms with Crippen molar-refractivity contribution in [2.45, 2.75) is 11.8 Å². The van der Waals surface area contributed by atoms with Crippen LogP contribution in [0, 0.1) is 17.0 Å². The first-order valence-electron chi connectivity index (χ1n) is 5.93. The molecule has 0 saturated carbocycles. The van der Waals surface area contributed by atoms with Crippen molar-refractivity contribution in [1.29, 1.82) is 0 Å². The predicted molar refractivity (Wildman–Crippen MR) is 79.5 cm³/mol. The summed E-state index contributed by atoms with van der Waals surface area (Å²) in [7, 11) is -3.79. The van der Waals surface area contributed by atoms with Crippen molar-refractivity contribution in [2.24, 2.45) is 0 Å². The van der Waals surface area contributed by atoms with E-state index in [9.17, 15) is 18.5 Å².